The number of nitrogens with one attached hydrogen (secondary N) is 3. The highest BCUT2D eigenvalue weighted by atomic mass is 16.2. The fourth-order valence-electron chi connectivity index (χ4n) is 2.99. The maximum atomic E-state index is 12.5. The summed E-state index contributed by atoms with van der Waals surface area (Å²) in [6.07, 6.45) is 0.777. The molecule has 6 nitrogen and oxygen atoms in total. The minimum Gasteiger partial charge on any atom is -0.354 e. The van der Waals surface area contributed by atoms with Crippen molar-refractivity contribution in [2.75, 3.05) is 5.32 Å². The summed E-state index contributed by atoms with van der Waals surface area (Å²) in [7, 11) is 0. The van der Waals surface area contributed by atoms with Gasteiger partial charge in [0.2, 0.25) is 5.91 Å². The van der Waals surface area contributed by atoms with E-state index >= 15 is 0 Å². The zero-order valence-corrected chi connectivity index (χ0v) is 16.5. The summed E-state index contributed by atoms with van der Waals surface area (Å²) in [5.41, 5.74) is 3.90. The zero-order chi connectivity index (χ0) is 20.1. The molecule has 0 radical (unpaired) electrons. The summed E-state index contributed by atoms with van der Waals surface area (Å²) in [5, 5.41) is 5.75. The van der Waals surface area contributed by atoms with E-state index in [9.17, 15) is 14.4 Å². The molecule has 0 bridgehead atoms. The van der Waals surface area contributed by atoms with E-state index in [1.165, 1.54) is 6.92 Å². The number of benzene rings is 1. The first-order valence-electron chi connectivity index (χ1n) is 9.12. The molecule has 144 valence electrons. The lowest BCUT2D eigenvalue weighted by Gasteiger charge is -2.11. The molecule has 1 aromatic heterocycles. The van der Waals surface area contributed by atoms with Crippen LogP contribution >= 0.6 is 0 Å². The van der Waals surface area contributed by atoms with Crippen molar-refractivity contribution in [3.8, 4) is 0 Å². The predicted octanol–water partition coefficient (Wildman–Crippen LogP) is 3.75. The Morgan fingerprint density at radius 2 is 1.89 bits per heavy atom. The van der Waals surface area contributed by atoms with Gasteiger partial charge in [0, 0.05) is 29.4 Å². The predicted molar refractivity (Wildman–Crippen MR) is 106 cm³/mol. The number of hydrogen-bond donors (Lipinski definition) is 3. The lowest BCUT2D eigenvalue weighted by molar-refractivity contribution is -0.119. The minimum absolute atomic E-state index is 0.0204. The lowest BCUT2D eigenvalue weighted by Crippen LogP contribution is -2.24. The molecule has 1 atom stereocenters. The Labute approximate surface area is 159 Å². The maximum absolute atomic E-state index is 12.5. The van der Waals surface area contributed by atoms with E-state index in [4.69, 9.17) is 0 Å². The van der Waals surface area contributed by atoms with Crippen LogP contribution in [0.15, 0.2) is 24.3 Å². The highest BCUT2D eigenvalue weighted by Crippen LogP contribution is 2.19. The smallest absolute Gasteiger partial charge is 0.268 e. The van der Waals surface area contributed by atoms with Gasteiger partial charge in [-0.3, -0.25) is 14.4 Å². The average Bonchev–Trinajstić information content (AvgIpc) is 2.93. The Hall–Kier alpha value is -2.89. The molecular formula is C21H27N3O3. The first kappa shape index (κ1) is 20.4. The Balaban J connectivity index is 2.06. The van der Waals surface area contributed by atoms with E-state index in [0.717, 1.165) is 12.0 Å². The van der Waals surface area contributed by atoms with Gasteiger partial charge in [-0.2, -0.15) is 0 Å². The van der Waals surface area contributed by atoms with Gasteiger partial charge in [-0.1, -0.05) is 26.0 Å². The summed E-state index contributed by atoms with van der Waals surface area (Å²) < 4.78 is 0. The number of aryl methyl sites for hydroxylation is 1. The van der Waals surface area contributed by atoms with Gasteiger partial charge in [-0.05, 0) is 50.5 Å². The summed E-state index contributed by atoms with van der Waals surface area (Å²) in [5.74, 6) is -0.405. The molecule has 6 heteroatoms. The first-order chi connectivity index (χ1) is 12.7. The minimum atomic E-state index is -0.267. The number of hydrogen-bond acceptors (Lipinski definition) is 3. The molecule has 3 N–H and O–H groups in total. The Kier molecular flexibility index (Phi) is 6.55. The first-order valence-corrected chi connectivity index (χ1v) is 9.12. The largest absolute Gasteiger partial charge is 0.354 e. The second-order valence-corrected chi connectivity index (χ2v) is 6.86. The van der Waals surface area contributed by atoms with Crippen LogP contribution in [0.25, 0.3) is 0 Å². The van der Waals surface area contributed by atoms with Gasteiger partial charge in [-0.15, -0.1) is 0 Å². The van der Waals surface area contributed by atoms with Crippen LogP contribution in [0.1, 0.15) is 64.9 Å². The van der Waals surface area contributed by atoms with Crippen molar-refractivity contribution in [1.29, 1.82) is 0 Å². The van der Waals surface area contributed by atoms with Crippen molar-refractivity contribution < 1.29 is 14.4 Å². The molecule has 0 spiro atoms. The van der Waals surface area contributed by atoms with Crippen LogP contribution in [0.4, 0.5) is 5.69 Å². The summed E-state index contributed by atoms with van der Waals surface area (Å²) >= 11 is 0. The van der Waals surface area contributed by atoms with Crippen molar-refractivity contribution in [2.24, 2.45) is 5.92 Å². The topological polar surface area (TPSA) is 91.1 Å². The second kappa shape index (κ2) is 8.66. The number of rotatable bonds is 7. The van der Waals surface area contributed by atoms with Gasteiger partial charge in [0.25, 0.3) is 5.91 Å². The van der Waals surface area contributed by atoms with Crippen LogP contribution in [0.5, 0.6) is 0 Å². The summed E-state index contributed by atoms with van der Waals surface area (Å²) in [4.78, 5) is 39.2. The number of amides is 2. The van der Waals surface area contributed by atoms with Crippen molar-refractivity contribution in [3.63, 3.8) is 0 Å². The number of carbonyl (C=O) groups is 3. The number of H-pyrrole nitrogens is 1. The Morgan fingerprint density at radius 1 is 1.19 bits per heavy atom. The molecule has 2 aromatic rings. The third-order valence-corrected chi connectivity index (χ3v) is 4.72. The van der Waals surface area contributed by atoms with Crippen LogP contribution in [0, 0.1) is 19.8 Å². The lowest BCUT2D eigenvalue weighted by atomic mass is 10.1. The molecular weight excluding hydrogens is 342 g/mol. The number of Topliss-reactive ketones (excluding diaryl/α,β-unsaturated/α-hetero) is 1. The molecule has 0 fully saturated rings. The van der Waals surface area contributed by atoms with E-state index in [1.54, 1.807) is 13.8 Å². The van der Waals surface area contributed by atoms with E-state index in [2.05, 4.69) is 15.6 Å². The fourth-order valence-corrected chi connectivity index (χ4v) is 2.99. The fraction of sp³-hybridized carbons (Fsp3) is 0.381. The molecule has 2 rings (SSSR count). The molecule has 27 heavy (non-hydrogen) atoms. The summed E-state index contributed by atoms with van der Waals surface area (Å²) in [6, 6.07) is 7.39. The van der Waals surface area contributed by atoms with E-state index in [-0.39, 0.29) is 23.5 Å². The number of carbonyl (C=O) groups excluding carboxylic acids is 3. The highest BCUT2D eigenvalue weighted by Gasteiger charge is 2.19. The SMILES string of the molecule is CCC(C)C(=O)Nc1cccc(CNC(=O)c2[nH]c(C)c(C(C)=O)c2C)c1. The zero-order valence-electron chi connectivity index (χ0n) is 16.5. The quantitative estimate of drug-likeness (QED) is 0.649. The van der Waals surface area contributed by atoms with Crippen LogP contribution in [-0.4, -0.2) is 22.6 Å². The van der Waals surface area contributed by atoms with Gasteiger partial charge in [0.15, 0.2) is 5.78 Å². The van der Waals surface area contributed by atoms with Gasteiger partial charge in [-0.25, -0.2) is 0 Å². The molecule has 0 aliphatic rings. The standard InChI is InChI=1S/C21H27N3O3/c1-6-12(2)20(26)24-17-9-7-8-16(10-17)11-22-21(27)19-13(3)18(15(5)25)14(4)23-19/h7-10,12,23H,6,11H2,1-5H3,(H,22,27)(H,24,26). The number of aromatic amines is 1. The number of ketones is 1. The maximum Gasteiger partial charge on any atom is 0.268 e. The Bertz CT molecular complexity index is 868. The third kappa shape index (κ3) is 4.84. The normalized spacial score (nSPS) is 11.7. The van der Waals surface area contributed by atoms with E-state index in [1.807, 2.05) is 38.1 Å². The molecule has 0 saturated heterocycles. The van der Waals surface area contributed by atoms with Gasteiger partial charge < -0.3 is 15.6 Å². The molecule has 0 aliphatic heterocycles. The molecule has 0 aliphatic carbocycles. The molecule has 1 unspecified atom stereocenters. The van der Waals surface area contributed by atoms with Crippen LogP contribution in [-0.2, 0) is 11.3 Å². The van der Waals surface area contributed by atoms with Gasteiger partial charge in [0.05, 0.1) is 0 Å². The van der Waals surface area contributed by atoms with Crippen molar-refractivity contribution in [1.82, 2.24) is 10.3 Å². The highest BCUT2D eigenvalue weighted by molar-refractivity contribution is 6.02. The van der Waals surface area contributed by atoms with Crippen LogP contribution < -0.4 is 10.6 Å². The van der Waals surface area contributed by atoms with Crippen molar-refractivity contribution in [2.45, 2.75) is 47.6 Å². The van der Waals surface area contributed by atoms with Gasteiger partial charge in [0.1, 0.15) is 5.69 Å². The van der Waals surface area contributed by atoms with Crippen molar-refractivity contribution in [3.05, 3.63) is 52.3 Å². The Morgan fingerprint density at radius 3 is 2.48 bits per heavy atom. The van der Waals surface area contributed by atoms with Gasteiger partial charge >= 0.3 is 0 Å². The van der Waals surface area contributed by atoms with Crippen molar-refractivity contribution >= 4 is 23.3 Å². The summed E-state index contributed by atoms with van der Waals surface area (Å²) in [6.45, 7) is 9.21. The van der Waals surface area contributed by atoms with E-state index in [0.29, 0.717) is 34.7 Å². The molecule has 0 saturated carbocycles. The number of aromatic nitrogens is 1. The number of anilines is 1. The van der Waals surface area contributed by atoms with Crippen LogP contribution in [0.2, 0.25) is 0 Å². The average molecular weight is 369 g/mol. The monoisotopic (exact) mass is 369 g/mol. The molecule has 2 amide bonds. The van der Waals surface area contributed by atoms with Crippen LogP contribution in [0.3, 0.4) is 0 Å². The van der Waals surface area contributed by atoms with E-state index < -0.39 is 0 Å². The molecule has 1 heterocycles. The second-order valence-electron chi connectivity index (χ2n) is 6.86. The third-order valence-electron chi connectivity index (χ3n) is 4.72. The molecule has 1 aromatic carbocycles.